The molecule has 94 valence electrons. The van der Waals surface area contributed by atoms with Crippen LogP contribution >= 0.6 is 0 Å². The summed E-state index contributed by atoms with van der Waals surface area (Å²) in [5.74, 6) is 0.916. The molecule has 0 spiro atoms. The predicted molar refractivity (Wildman–Crippen MR) is 60.7 cm³/mol. The number of hydrogen-bond donors (Lipinski definition) is 1. The zero-order valence-corrected chi connectivity index (χ0v) is 10.1. The third-order valence-electron chi connectivity index (χ3n) is 2.84. The Morgan fingerprint density at radius 2 is 2.29 bits per heavy atom. The minimum atomic E-state index is -0.925. The van der Waals surface area contributed by atoms with Crippen molar-refractivity contribution < 1.29 is 19.1 Å². The Morgan fingerprint density at radius 1 is 1.59 bits per heavy atom. The van der Waals surface area contributed by atoms with Crippen LogP contribution in [0.25, 0.3) is 0 Å². The van der Waals surface area contributed by atoms with Crippen LogP contribution in [0, 0.1) is 6.92 Å². The number of hydrogen-bond acceptors (Lipinski definition) is 4. The number of likely N-dealkylation sites (tertiary alicyclic amines) is 1. The first-order valence-electron chi connectivity index (χ1n) is 5.60. The lowest BCUT2D eigenvalue weighted by Gasteiger charge is -2.46. The van der Waals surface area contributed by atoms with Crippen LogP contribution in [0.5, 0.6) is 0 Å². The van der Waals surface area contributed by atoms with Gasteiger partial charge in [0.15, 0.2) is 0 Å². The number of carboxylic acids is 1. The molecule has 0 aliphatic carbocycles. The number of nitrogens with zero attached hydrogens (tertiary/aromatic N) is 1. The Morgan fingerprint density at radius 3 is 2.82 bits per heavy atom. The molecule has 2 rings (SSSR count). The van der Waals surface area contributed by atoms with E-state index in [1.807, 2.05) is 26.0 Å². The highest BCUT2D eigenvalue weighted by Gasteiger charge is 2.40. The number of aliphatic carboxylic acids is 1. The molecule has 1 aliphatic rings. The number of aryl methyl sites for hydroxylation is 1. The van der Waals surface area contributed by atoms with Gasteiger partial charge in [-0.2, -0.15) is 0 Å². The summed E-state index contributed by atoms with van der Waals surface area (Å²) < 4.78 is 10.8. The van der Waals surface area contributed by atoms with Crippen molar-refractivity contribution in [2.24, 2.45) is 0 Å². The lowest BCUT2D eigenvalue weighted by molar-refractivity contribution is -0.166. The van der Waals surface area contributed by atoms with Gasteiger partial charge in [0.1, 0.15) is 18.1 Å². The molecule has 5 nitrogen and oxygen atoms in total. The summed E-state index contributed by atoms with van der Waals surface area (Å²) in [7, 11) is 0. The summed E-state index contributed by atoms with van der Waals surface area (Å²) in [6.45, 7) is 5.84. The van der Waals surface area contributed by atoms with Crippen molar-refractivity contribution in [1.29, 1.82) is 0 Å². The van der Waals surface area contributed by atoms with Gasteiger partial charge in [-0.25, -0.2) is 4.79 Å². The zero-order valence-electron chi connectivity index (χ0n) is 10.1. The van der Waals surface area contributed by atoms with Crippen LogP contribution in [0.4, 0.5) is 0 Å². The van der Waals surface area contributed by atoms with Gasteiger partial charge in [-0.05, 0) is 26.0 Å². The molecule has 0 bridgehead atoms. The summed E-state index contributed by atoms with van der Waals surface area (Å²) >= 11 is 0. The summed E-state index contributed by atoms with van der Waals surface area (Å²) in [5.41, 5.74) is -0.333. The predicted octanol–water partition coefficient (Wildman–Crippen LogP) is 1.26. The van der Waals surface area contributed by atoms with Crippen molar-refractivity contribution in [1.82, 2.24) is 4.90 Å². The minimum absolute atomic E-state index is 0.232. The molecule has 0 saturated carbocycles. The second-order valence-electron chi connectivity index (χ2n) is 4.79. The molecule has 17 heavy (non-hydrogen) atoms. The second kappa shape index (κ2) is 4.50. The topological polar surface area (TPSA) is 62.9 Å². The Labute approximate surface area is 100.0 Å². The first-order chi connectivity index (χ1) is 7.97. The van der Waals surface area contributed by atoms with E-state index in [-0.39, 0.29) is 12.2 Å². The molecule has 1 N–H and O–H groups in total. The van der Waals surface area contributed by atoms with Crippen LogP contribution in [-0.2, 0) is 16.1 Å². The Balaban J connectivity index is 1.76. The highest BCUT2D eigenvalue weighted by molar-refractivity contribution is 5.68. The van der Waals surface area contributed by atoms with E-state index in [0.29, 0.717) is 0 Å². The van der Waals surface area contributed by atoms with Gasteiger partial charge in [0, 0.05) is 13.1 Å². The molecule has 0 amide bonds. The highest BCUT2D eigenvalue weighted by atomic mass is 16.5. The van der Waals surface area contributed by atoms with E-state index >= 15 is 0 Å². The summed E-state index contributed by atoms with van der Waals surface area (Å²) in [5, 5.41) is 8.55. The number of furan rings is 1. The van der Waals surface area contributed by atoms with E-state index in [1.165, 1.54) is 0 Å². The zero-order chi connectivity index (χ0) is 12.5. The number of rotatable bonds is 5. The average molecular weight is 239 g/mol. The smallest absolute Gasteiger partial charge is 0.329 e. The number of carboxylic acid groups (broad SMARTS) is 1. The number of ether oxygens (including phenoxy) is 1. The summed E-state index contributed by atoms with van der Waals surface area (Å²) in [6, 6.07) is 3.90. The van der Waals surface area contributed by atoms with Crippen LogP contribution < -0.4 is 0 Å². The van der Waals surface area contributed by atoms with E-state index in [2.05, 4.69) is 4.90 Å². The quantitative estimate of drug-likeness (QED) is 0.838. The van der Waals surface area contributed by atoms with Crippen LogP contribution in [-0.4, -0.2) is 41.3 Å². The molecule has 0 atom stereocenters. The Bertz CT molecular complexity index is 406. The first-order valence-corrected chi connectivity index (χ1v) is 5.60. The van der Waals surface area contributed by atoms with Crippen LogP contribution in [0.1, 0.15) is 18.4 Å². The SMILES string of the molecule is Cc1ccc(CN2CC(C)(OCC(=O)O)C2)o1. The van der Waals surface area contributed by atoms with Crippen molar-refractivity contribution in [2.45, 2.75) is 26.0 Å². The van der Waals surface area contributed by atoms with E-state index in [0.717, 1.165) is 31.2 Å². The third kappa shape index (κ3) is 3.08. The van der Waals surface area contributed by atoms with Crippen molar-refractivity contribution in [3.05, 3.63) is 23.7 Å². The fraction of sp³-hybridized carbons (Fsp3) is 0.583. The van der Waals surface area contributed by atoms with Crippen LogP contribution in [0.15, 0.2) is 16.5 Å². The van der Waals surface area contributed by atoms with E-state index in [1.54, 1.807) is 0 Å². The van der Waals surface area contributed by atoms with Gasteiger partial charge in [0.25, 0.3) is 0 Å². The minimum Gasteiger partial charge on any atom is -0.480 e. The second-order valence-corrected chi connectivity index (χ2v) is 4.79. The molecule has 1 aromatic heterocycles. The van der Waals surface area contributed by atoms with Gasteiger partial charge in [0.2, 0.25) is 0 Å². The monoisotopic (exact) mass is 239 g/mol. The molecule has 1 saturated heterocycles. The molecule has 0 aromatic carbocycles. The van der Waals surface area contributed by atoms with E-state index in [9.17, 15) is 4.79 Å². The van der Waals surface area contributed by atoms with Crippen molar-refractivity contribution in [2.75, 3.05) is 19.7 Å². The normalized spacial score (nSPS) is 18.9. The van der Waals surface area contributed by atoms with Gasteiger partial charge in [-0.15, -0.1) is 0 Å². The fourth-order valence-corrected chi connectivity index (χ4v) is 2.13. The molecule has 1 aromatic rings. The average Bonchev–Trinajstić information content (AvgIpc) is 2.59. The lowest BCUT2D eigenvalue weighted by Crippen LogP contribution is -2.61. The lowest BCUT2D eigenvalue weighted by atomic mass is 9.96. The Kier molecular flexibility index (Phi) is 3.22. The first kappa shape index (κ1) is 12.1. The molecule has 0 unspecified atom stereocenters. The maximum Gasteiger partial charge on any atom is 0.329 e. The molecule has 1 aliphatic heterocycles. The van der Waals surface area contributed by atoms with Gasteiger partial charge >= 0.3 is 5.97 Å². The molecular formula is C12H17NO4. The van der Waals surface area contributed by atoms with Gasteiger partial charge in [0.05, 0.1) is 12.1 Å². The molecular weight excluding hydrogens is 222 g/mol. The van der Waals surface area contributed by atoms with E-state index < -0.39 is 5.97 Å². The fourth-order valence-electron chi connectivity index (χ4n) is 2.13. The molecule has 0 radical (unpaired) electrons. The maximum absolute atomic E-state index is 10.4. The van der Waals surface area contributed by atoms with Gasteiger partial charge in [-0.1, -0.05) is 0 Å². The molecule has 2 heterocycles. The highest BCUT2D eigenvalue weighted by Crippen LogP contribution is 2.26. The summed E-state index contributed by atoms with van der Waals surface area (Å²) in [4.78, 5) is 12.6. The Hall–Kier alpha value is -1.33. The van der Waals surface area contributed by atoms with E-state index in [4.69, 9.17) is 14.3 Å². The number of carbonyl (C=O) groups is 1. The van der Waals surface area contributed by atoms with Gasteiger partial charge in [-0.3, -0.25) is 4.90 Å². The summed E-state index contributed by atoms with van der Waals surface area (Å²) in [6.07, 6.45) is 0. The third-order valence-corrected chi connectivity index (χ3v) is 2.84. The standard InChI is InChI=1S/C12H17NO4/c1-9-3-4-10(17-9)5-13-7-12(2,8-13)16-6-11(14)15/h3-4H,5-8H2,1-2H3,(H,14,15). The molecule has 1 fully saturated rings. The van der Waals surface area contributed by atoms with Crippen LogP contribution in [0.2, 0.25) is 0 Å². The van der Waals surface area contributed by atoms with Gasteiger partial charge < -0.3 is 14.3 Å². The molecule has 5 heteroatoms. The van der Waals surface area contributed by atoms with Crippen molar-refractivity contribution >= 4 is 5.97 Å². The maximum atomic E-state index is 10.4. The largest absolute Gasteiger partial charge is 0.480 e. The van der Waals surface area contributed by atoms with Crippen molar-refractivity contribution in [3.63, 3.8) is 0 Å². The van der Waals surface area contributed by atoms with Crippen LogP contribution in [0.3, 0.4) is 0 Å². The van der Waals surface area contributed by atoms with Crippen molar-refractivity contribution in [3.8, 4) is 0 Å².